The molecule has 0 fully saturated rings. The summed E-state index contributed by atoms with van der Waals surface area (Å²) < 4.78 is 4.97. The van der Waals surface area contributed by atoms with E-state index < -0.39 is 5.97 Å². The van der Waals surface area contributed by atoms with E-state index in [9.17, 15) is 9.59 Å². The number of anilines is 2. The number of benzene rings is 1. The minimum absolute atomic E-state index is 0.199. The van der Waals surface area contributed by atoms with E-state index in [2.05, 4.69) is 15.3 Å². The van der Waals surface area contributed by atoms with Crippen molar-refractivity contribution in [3.8, 4) is 0 Å². The summed E-state index contributed by atoms with van der Waals surface area (Å²) in [6.07, 6.45) is 4.46. The van der Waals surface area contributed by atoms with Crippen LogP contribution in [0.5, 0.6) is 0 Å². The molecule has 7 heteroatoms. The van der Waals surface area contributed by atoms with Gasteiger partial charge in [-0.3, -0.25) is 14.8 Å². The first kappa shape index (κ1) is 16.4. The van der Waals surface area contributed by atoms with Crippen molar-refractivity contribution in [3.05, 3.63) is 60.0 Å². The zero-order chi connectivity index (χ0) is 17.8. The monoisotopic (exact) mass is 336 g/mol. The Morgan fingerprint density at radius 2 is 2.08 bits per heavy atom. The van der Waals surface area contributed by atoms with Crippen LogP contribution >= 0.6 is 0 Å². The van der Waals surface area contributed by atoms with Crippen molar-refractivity contribution in [2.75, 3.05) is 17.7 Å². The minimum atomic E-state index is -0.529. The van der Waals surface area contributed by atoms with E-state index in [-0.39, 0.29) is 23.8 Å². The van der Waals surface area contributed by atoms with Gasteiger partial charge in [-0.25, -0.2) is 4.79 Å². The second kappa shape index (κ2) is 6.96. The van der Waals surface area contributed by atoms with Gasteiger partial charge in [-0.15, -0.1) is 0 Å². The molecule has 3 N–H and O–H groups in total. The maximum atomic E-state index is 12.2. The number of carbonyl (C=O) groups excluding carboxylic acids is 2. The van der Waals surface area contributed by atoms with Gasteiger partial charge in [0.05, 0.1) is 23.4 Å². The second-order valence-corrected chi connectivity index (χ2v) is 5.23. The Bertz CT molecular complexity index is 942. The molecule has 0 atom stereocenters. The lowest BCUT2D eigenvalue weighted by Crippen LogP contribution is -2.12. The van der Waals surface area contributed by atoms with Gasteiger partial charge in [-0.2, -0.15) is 0 Å². The Morgan fingerprint density at radius 3 is 2.80 bits per heavy atom. The molecule has 1 aromatic carbocycles. The highest BCUT2D eigenvalue weighted by Crippen LogP contribution is 2.26. The normalized spacial score (nSPS) is 10.4. The number of fused-ring (bicyclic) bond motifs is 1. The van der Waals surface area contributed by atoms with Gasteiger partial charge in [0.2, 0.25) is 0 Å². The van der Waals surface area contributed by atoms with Crippen LogP contribution in [0.1, 0.15) is 27.6 Å². The Balaban J connectivity index is 1.94. The van der Waals surface area contributed by atoms with Crippen LogP contribution in [0.2, 0.25) is 0 Å². The first-order valence-corrected chi connectivity index (χ1v) is 7.67. The van der Waals surface area contributed by atoms with E-state index >= 15 is 0 Å². The van der Waals surface area contributed by atoms with Gasteiger partial charge in [-0.05, 0) is 37.3 Å². The summed E-state index contributed by atoms with van der Waals surface area (Å²) in [6.45, 7) is 1.96. The van der Waals surface area contributed by atoms with Gasteiger partial charge in [-0.1, -0.05) is 0 Å². The molecule has 0 unspecified atom stereocenters. The lowest BCUT2D eigenvalue weighted by molar-refractivity contribution is 0.0527. The van der Waals surface area contributed by atoms with E-state index in [0.717, 1.165) is 0 Å². The van der Waals surface area contributed by atoms with Crippen molar-refractivity contribution < 1.29 is 14.3 Å². The fourth-order valence-electron chi connectivity index (χ4n) is 2.36. The van der Waals surface area contributed by atoms with E-state index in [1.165, 1.54) is 12.4 Å². The summed E-state index contributed by atoms with van der Waals surface area (Å²) in [5.74, 6) is -0.820. The Hall–Kier alpha value is -3.48. The fraction of sp³-hybridized carbons (Fsp3) is 0.111. The third-order valence-electron chi connectivity index (χ3n) is 3.59. The van der Waals surface area contributed by atoms with E-state index in [4.69, 9.17) is 10.5 Å². The molecular formula is C18H16N4O3. The van der Waals surface area contributed by atoms with Gasteiger partial charge in [0.15, 0.2) is 0 Å². The number of esters is 1. The molecule has 2 heterocycles. The van der Waals surface area contributed by atoms with Gasteiger partial charge < -0.3 is 15.8 Å². The summed E-state index contributed by atoms with van der Waals surface area (Å²) in [7, 11) is 0. The van der Waals surface area contributed by atoms with Crippen LogP contribution in [0, 0.1) is 0 Å². The molecule has 0 aliphatic carbocycles. The number of ether oxygens (including phenoxy) is 1. The average molecular weight is 336 g/mol. The summed E-state index contributed by atoms with van der Waals surface area (Å²) in [5, 5.41) is 3.34. The summed E-state index contributed by atoms with van der Waals surface area (Å²) in [5.41, 5.74) is 8.15. The van der Waals surface area contributed by atoms with Gasteiger partial charge in [0, 0.05) is 29.7 Å². The molecule has 3 rings (SSSR count). The molecule has 0 aliphatic rings. The highest BCUT2D eigenvalue weighted by atomic mass is 16.5. The molecule has 3 aromatic rings. The summed E-state index contributed by atoms with van der Waals surface area (Å²) in [4.78, 5) is 32.3. The van der Waals surface area contributed by atoms with Crippen molar-refractivity contribution in [1.82, 2.24) is 9.97 Å². The summed E-state index contributed by atoms with van der Waals surface area (Å²) in [6, 6.07) is 8.46. The Kier molecular flexibility index (Phi) is 4.56. The van der Waals surface area contributed by atoms with Crippen LogP contribution in [0.25, 0.3) is 10.9 Å². The van der Waals surface area contributed by atoms with Crippen molar-refractivity contribution in [3.63, 3.8) is 0 Å². The van der Waals surface area contributed by atoms with Crippen LogP contribution in [0.15, 0.2) is 48.9 Å². The van der Waals surface area contributed by atoms with E-state index in [0.29, 0.717) is 22.2 Å². The molecule has 1 amide bonds. The zero-order valence-corrected chi connectivity index (χ0v) is 13.5. The molecule has 126 valence electrons. The number of nitrogens with two attached hydrogens (primary N) is 1. The van der Waals surface area contributed by atoms with Crippen molar-refractivity contribution >= 4 is 34.2 Å². The average Bonchev–Trinajstić information content (AvgIpc) is 2.63. The second-order valence-electron chi connectivity index (χ2n) is 5.23. The number of hydrogen-bond acceptors (Lipinski definition) is 6. The third-order valence-corrected chi connectivity index (χ3v) is 3.59. The summed E-state index contributed by atoms with van der Waals surface area (Å²) >= 11 is 0. The molecule has 7 nitrogen and oxygen atoms in total. The molecule has 25 heavy (non-hydrogen) atoms. The highest BCUT2D eigenvalue weighted by Gasteiger charge is 2.15. The Morgan fingerprint density at radius 1 is 1.24 bits per heavy atom. The number of nitrogens with one attached hydrogen (secondary N) is 1. The molecule has 0 saturated carbocycles. The standard InChI is InChI=1S/C18H16N4O3/c1-2-25-18(24)14-10-21-15-6-5-12(8-13(15)16(14)19)22-17(23)11-4-3-7-20-9-11/h3-10H,2H2,1H3,(H2,19,21)(H,22,23). The Labute approximate surface area is 143 Å². The zero-order valence-electron chi connectivity index (χ0n) is 13.5. The smallest absolute Gasteiger partial charge is 0.341 e. The molecule has 0 bridgehead atoms. The molecule has 0 aliphatic heterocycles. The fourth-order valence-corrected chi connectivity index (χ4v) is 2.36. The number of nitrogen functional groups attached to an aromatic ring is 1. The third kappa shape index (κ3) is 3.40. The van der Waals surface area contributed by atoms with E-state index in [1.807, 2.05) is 0 Å². The lowest BCUT2D eigenvalue weighted by atomic mass is 10.1. The highest BCUT2D eigenvalue weighted by molar-refractivity contribution is 6.07. The van der Waals surface area contributed by atoms with Crippen LogP contribution in [-0.2, 0) is 4.74 Å². The number of aromatic nitrogens is 2. The first-order chi connectivity index (χ1) is 12.1. The van der Waals surface area contributed by atoms with Crippen LogP contribution in [0.3, 0.4) is 0 Å². The predicted octanol–water partition coefficient (Wildman–Crippen LogP) is 2.64. The van der Waals surface area contributed by atoms with Crippen LogP contribution in [-0.4, -0.2) is 28.5 Å². The first-order valence-electron chi connectivity index (χ1n) is 7.67. The number of pyridine rings is 2. The molecule has 0 radical (unpaired) electrons. The van der Waals surface area contributed by atoms with Gasteiger partial charge in [0.1, 0.15) is 5.56 Å². The maximum absolute atomic E-state index is 12.2. The van der Waals surface area contributed by atoms with Crippen molar-refractivity contribution in [1.29, 1.82) is 0 Å². The lowest BCUT2D eigenvalue weighted by Gasteiger charge is -2.10. The topological polar surface area (TPSA) is 107 Å². The van der Waals surface area contributed by atoms with E-state index in [1.54, 1.807) is 43.5 Å². The number of amides is 1. The molecule has 0 spiro atoms. The quantitative estimate of drug-likeness (QED) is 0.709. The largest absolute Gasteiger partial charge is 0.462 e. The number of rotatable bonds is 4. The molecule has 2 aromatic heterocycles. The maximum Gasteiger partial charge on any atom is 0.341 e. The number of carbonyl (C=O) groups is 2. The van der Waals surface area contributed by atoms with Crippen LogP contribution in [0.4, 0.5) is 11.4 Å². The van der Waals surface area contributed by atoms with Crippen molar-refractivity contribution in [2.24, 2.45) is 0 Å². The van der Waals surface area contributed by atoms with Crippen molar-refractivity contribution in [2.45, 2.75) is 6.92 Å². The van der Waals surface area contributed by atoms with Gasteiger partial charge in [0.25, 0.3) is 5.91 Å². The molecule has 0 saturated heterocycles. The number of nitrogens with zero attached hydrogens (tertiary/aromatic N) is 2. The predicted molar refractivity (Wildman–Crippen MR) is 94.3 cm³/mol. The number of hydrogen-bond donors (Lipinski definition) is 2. The SMILES string of the molecule is CCOC(=O)c1cnc2ccc(NC(=O)c3cccnc3)cc2c1N. The minimum Gasteiger partial charge on any atom is -0.462 e. The molecular weight excluding hydrogens is 320 g/mol. The van der Waals surface area contributed by atoms with Gasteiger partial charge >= 0.3 is 5.97 Å². The van der Waals surface area contributed by atoms with Crippen LogP contribution < -0.4 is 11.1 Å².